The van der Waals surface area contributed by atoms with Crippen molar-refractivity contribution in [3.8, 4) is 0 Å². The number of anilines is 1. The molecule has 1 amide bonds. The Hall–Kier alpha value is -1.47. The third kappa shape index (κ3) is 5.73. The van der Waals surface area contributed by atoms with Crippen LogP contribution in [0.4, 0.5) is 10.1 Å². The molecular formula is C15H20BrFN2O3. The number of carbonyl (C=O) groups excluding carboxylic acids is 1. The van der Waals surface area contributed by atoms with Gasteiger partial charge in [0.25, 0.3) is 0 Å². The normalized spacial score (nSPS) is 13.5. The first-order valence-electron chi connectivity index (χ1n) is 7.06. The van der Waals surface area contributed by atoms with Crippen molar-refractivity contribution in [3.05, 3.63) is 28.5 Å². The number of carboxylic acid groups (broad SMARTS) is 1. The summed E-state index contributed by atoms with van der Waals surface area (Å²) in [5, 5.41) is 14.4. The molecule has 122 valence electrons. The summed E-state index contributed by atoms with van der Waals surface area (Å²) in [7, 11) is 0. The summed E-state index contributed by atoms with van der Waals surface area (Å²) >= 11 is 3.14. The van der Waals surface area contributed by atoms with Gasteiger partial charge in [0.2, 0.25) is 5.91 Å². The molecule has 0 unspecified atom stereocenters. The Kier molecular flexibility index (Phi) is 7.47. The Labute approximate surface area is 137 Å². The van der Waals surface area contributed by atoms with E-state index in [1.54, 1.807) is 6.07 Å². The third-order valence-electron chi connectivity index (χ3n) is 3.40. The lowest BCUT2D eigenvalue weighted by molar-refractivity contribution is -0.141. The van der Waals surface area contributed by atoms with Gasteiger partial charge in [0.15, 0.2) is 0 Å². The molecule has 0 heterocycles. The van der Waals surface area contributed by atoms with Gasteiger partial charge in [0.1, 0.15) is 11.9 Å². The number of benzene rings is 1. The fourth-order valence-corrected chi connectivity index (χ4v) is 2.25. The molecule has 1 aromatic carbocycles. The van der Waals surface area contributed by atoms with Gasteiger partial charge in [-0.05, 0) is 24.1 Å². The fraction of sp³-hybridized carbons (Fsp3) is 0.467. The van der Waals surface area contributed by atoms with Gasteiger partial charge in [0, 0.05) is 17.4 Å². The number of aliphatic carboxylic acids is 1. The van der Waals surface area contributed by atoms with E-state index < -0.39 is 17.8 Å². The van der Waals surface area contributed by atoms with Crippen LogP contribution in [0.5, 0.6) is 0 Å². The second-order valence-electron chi connectivity index (χ2n) is 5.08. The molecule has 0 saturated heterocycles. The lowest BCUT2D eigenvalue weighted by Crippen LogP contribution is -2.42. The minimum atomic E-state index is -0.936. The molecular weight excluding hydrogens is 355 g/mol. The Bertz CT molecular complexity index is 540. The number of hydrogen-bond acceptors (Lipinski definition) is 3. The smallest absolute Gasteiger partial charge is 0.320 e. The summed E-state index contributed by atoms with van der Waals surface area (Å²) < 4.78 is 14.2. The average Bonchev–Trinajstić information content (AvgIpc) is 2.45. The minimum Gasteiger partial charge on any atom is -0.480 e. The van der Waals surface area contributed by atoms with E-state index in [0.717, 1.165) is 6.42 Å². The average molecular weight is 375 g/mol. The second kappa shape index (κ2) is 8.85. The van der Waals surface area contributed by atoms with Crippen molar-refractivity contribution in [2.24, 2.45) is 5.92 Å². The maximum Gasteiger partial charge on any atom is 0.320 e. The summed E-state index contributed by atoms with van der Waals surface area (Å²) in [6.45, 7) is 3.96. The molecule has 0 aliphatic carbocycles. The van der Waals surface area contributed by atoms with E-state index in [4.69, 9.17) is 5.11 Å². The van der Waals surface area contributed by atoms with E-state index in [1.807, 2.05) is 13.8 Å². The number of carbonyl (C=O) groups is 2. The Morgan fingerprint density at radius 2 is 2.09 bits per heavy atom. The quantitative estimate of drug-likeness (QED) is 0.653. The van der Waals surface area contributed by atoms with Gasteiger partial charge in [-0.3, -0.25) is 9.59 Å². The van der Waals surface area contributed by atoms with Crippen molar-refractivity contribution in [2.45, 2.75) is 32.7 Å². The van der Waals surface area contributed by atoms with Gasteiger partial charge < -0.3 is 15.7 Å². The third-order valence-corrected chi connectivity index (χ3v) is 3.89. The van der Waals surface area contributed by atoms with Crippen molar-refractivity contribution >= 4 is 33.5 Å². The topological polar surface area (TPSA) is 78.4 Å². The highest BCUT2D eigenvalue weighted by Crippen LogP contribution is 2.19. The fourth-order valence-electron chi connectivity index (χ4n) is 1.91. The number of carboxylic acids is 1. The molecule has 5 nitrogen and oxygen atoms in total. The van der Waals surface area contributed by atoms with E-state index in [9.17, 15) is 14.0 Å². The van der Waals surface area contributed by atoms with Gasteiger partial charge in [0.05, 0.1) is 5.69 Å². The molecule has 1 rings (SSSR count). The van der Waals surface area contributed by atoms with E-state index >= 15 is 0 Å². The molecule has 0 aliphatic heterocycles. The molecule has 0 radical (unpaired) electrons. The summed E-state index contributed by atoms with van der Waals surface area (Å²) in [6, 6.07) is 3.66. The first kappa shape index (κ1) is 18.6. The highest BCUT2D eigenvalue weighted by Gasteiger charge is 2.22. The predicted octanol–water partition coefficient (Wildman–Crippen LogP) is 3.01. The molecule has 7 heteroatoms. The Balaban J connectivity index is 2.47. The number of hydrogen-bond donors (Lipinski definition) is 3. The summed E-state index contributed by atoms with van der Waals surface area (Å²) in [4.78, 5) is 22.9. The van der Waals surface area contributed by atoms with E-state index in [1.165, 1.54) is 12.1 Å². The molecule has 22 heavy (non-hydrogen) atoms. The lowest BCUT2D eigenvalue weighted by Gasteiger charge is -2.20. The number of rotatable bonds is 8. The number of halogens is 2. The van der Waals surface area contributed by atoms with Crippen LogP contribution in [-0.2, 0) is 9.59 Å². The van der Waals surface area contributed by atoms with Gasteiger partial charge >= 0.3 is 5.97 Å². The van der Waals surface area contributed by atoms with Crippen molar-refractivity contribution in [3.63, 3.8) is 0 Å². The monoisotopic (exact) mass is 374 g/mol. The van der Waals surface area contributed by atoms with Crippen LogP contribution in [0.15, 0.2) is 22.7 Å². The van der Waals surface area contributed by atoms with Gasteiger partial charge in [-0.15, -0.1) is 0 Å². The minimum absolute atomic E-state index is 0.0375. The molecule has 0 saturated carbocycles. The van der Waals surface area contributed by atoms with Gasteiger partial charge in [-0.1, -0.05) is 36.2 Å². The first-order chi connectivity index (χ1) is 10.3. The first-order valence-corrected chi connectivity index (χ1v) is 7.85. The van der Waals surface area contributed by atoms with Crippen LogP contribution in [0.1, 0.15) is 26.7 Å². The largest absolute Gasteiger partial charge is 0.480 e. The summed E-state index contributed by atoms with van der Waals surface area (Å²) in [5.74, 6) is -1.88. The number of nitrogens with one attached hydrogen (secondary N) is 2. The van der Waals surface area contributed by atoms with Crippen LogP contribution in [0.3, 0.4) is 0 Å². The molecule has 3 N–H and O–H groups in total. The van der Waals surface area contributed by atoms with Crippen molar-refractivity contribution in [1.29, 1.82) is 0 Å². The van der Waals surface area contributed by atoms with Crippen LogP contribution >= 0.6 is 15.9 Å². The van der Waals surface area contributed by atoms with Gasteiger partial charge in [-0.25, -0.2) is 4.39 Å². The summed E-state index contributed by atoms with van der Waals surface area (Å²) in [6.07, 6.45) is 0.788. The maximum atomic E-state index is 13.6. The van der Waals surface area contributed by atoms with E-state index in [2.05, 4.69) is 26.6 Å². The van der Waals surface area contributed by atoms with Crippen molar-refractivity contribution < 1.29 is 19.1 Å². The maximum absolute atomic E-state index is 13.6. The number of amides is 1. The molecule has 0 aromatic heterocycles. The summed E-state index contributed by atoms with van der Waals surface area (Å²) in [5.41, 5.74) is 0.102. The second-order valence-corrected chi connectivity index (χ2v) is 5.99. The van der Waals surface area contributed by atoms with Crippen LogP contribution in [0.25, 0.3) is 0 Å². The lowest BCUT2D eigenvalue weighted by atomic mass is 9.99. The van der Waals surface area contributed by atoms with Crippen LogP contribution in [0, 0.1) is 11.7 Å². The highest BCUT2D eigenvalue weighted by molar-refractivity contribution is 9.10. The zero-order valence-corrected chi connectivity index (χ0v) is 14.1. The van der Waals surface area contributed by atoms with Crippen molar-refractivity contribution in [2.75, 3.05) is 11.9 Å². The highest BCUT2D eigenvalue weighted by atomic mass is 79.9. The molecule has 1 aromatic rings. The standard InChI is InChI=1S/C15H20BrFN2O3/c1-3-9(2)14(15(21)22)18-7-6-13(20)19-12-5-4-10(16)8-11(12)17/h4-5,8-9,14,18H,3,6-7H2,1-2H3,(H,19,20)(H,21,22)/t9-,14-/m0/s1. The van der Waals surface area contributed by atoms with Crippen LogP contribution < -0.4 is 10.6 Å². The zero-order valence-electron chi connectivity index (χ0n) is 12.5. The SMILES string of the molecule is CC[C@H](C)[C@H](NCCC(=O)Nc1ccc(Br)cc1F)C(=O)O. The molecule has 0 spiro atoms. The van der Waals surface area contributed by atoms with E-state index in [-0.39, 0.29) is 30.5 Å². The van der Waals surface area contributed by atoms with E-state index in [0.29, 0.717) is 4.47 Å². The van der Waals surface area contributed by atoms with Gasteiger partial charge in [-0.2, -0.15) is 0 Å². The Morgan fingerprint density at radius 3 is 2.64 bits per heavy atom. The Morgan fingerprint density at radius 1 is 1.41 bits per heavy atom. The molecule has 2 atom stereocenters. The molecule has 0 fully saturated rings. The van der Waals surface area contributed by atoms with Crippen LogP contribution in [0.2, 0.25) is 0 Å². The predicted molar refractivity (Wildman–Crippen MR) is 86.2 cm³/mol. The van der Waals surface area contributed by atoms with Crippen LogP contribution in [-0.4, -0.2) is 29.6 Å². The van der Waals surface area contributed by atoms with Crippen molar-refractivity contribution in [1.82, 2.24) is 5.32 Å². The molecule has 0 bridgehead atoms. The zero-order chi connectivity index (χ0) is 16.7. The molecule has 0 aliphatic rings.